The minimum Gasteiger partial charge on any atom is -0.373 e. The van der Waals surface area contributed by atoms with E-state index in [0.717, 1.165) is 0 Å². The molecule has 0 bridgehead atoms. The largest absolute Gasteiger partial charge is 0.373 e. The molecule has 0 saturated heterocycles. The molecule has 0 atom stereocenters. The third-order valence-corrected chi connectivity index (χ3v) is 15.2. The smallest absolute Gasteiger partial charge is 0 e. The second-order valence-electron chi connectivity index (χ2n) is 4.69. The third kappa shape index (κ3) is 13.4. The van der Waals surface area contributed by atoms with Crippen molar-refractivity contribution in [3.05, 3.63) is 16.0 Å². The van der Waals surface area contributed by atoms with Crippen molar-refractivity contribution in [2.45, 2.75) is 66.7 Å². The summed E-state index contributed by atoms with van der Waals surface area (Å²) in [4.78, 5) is 1.50. The van der Waals surface area contributed by atoms with Crippen molar-refractivity contribution in [1.29, 1.82) is 0 Å². The normalized spacial score (nSPS) is 14.5. The quantitative estimate of drug-likeness (QED) is 0.176. The van der Waals surface area contributed by atoms with Crippen LogP contribution in [0.2, 0.25) is 0 Å². The van der Waals surface area contributed by atoms with Gasteiger partial charge in [-0.25, -0.2) is 0 Å². The van der Waals surface area contributed by atoms with Gasteiger partial charge in [0.15, 0.2) is 0 Å². The van der Waals surface area contributed by atoms with Crippen LogP contribution in [0.25, 0.3) is 16.0 Å². The van der Waals surface area contributed by atoms with Crippen molar-refractivity contribution in [1.82, 2.24) is 0 Å². The molecule has 0 spiro atoms. The van der Waals surface area contributed by atoms with E-state index in [2.05, 4.69) is 0 Å². The van der Waals surface area contributed by atoms with E-state index < -0.39 is 17.8 Å². The maximum Gasteiger partial charge on any atom is 0 e. The molecule has 151 valence electrons. The molecular weight excluding hydrogens is 664 g/mol. The summed E-state index contributed by atoms with van der Waals surface area (Å²) in [7, 11) is 0. The van der Waals surface area contributed by atoms with E-state index in [-0.39, 0.29) is 22.4 Å². The molecule has 0 aromatic rings. The zero-order chi connectivity index (χ0) is 18.8. The second kappa shape index (κ2) is 19.4. The van der Waals surface area contributed by atoms with E-state index in [4.69, 9.17) is 27.3 Å². The van der Waals surface area contributed by atoms with Gasteiger partial charge in [0.1, 0.15) is 0 Å². The molecule has 1 radical (unpaired) electrons. The van der Waals surface area contributed by atoms with Crippen LogP contribution >= 0.6 is 0 Å². The van der Waals surface area contributed by atoms with Crippen LogP contribution in [0.4, 0.5) is 0 Å². The summed E-state index contributed by atoms with van der Waals surface area (Å²) < 4.78 is 28.5. The van der Waals surface area contributed by atoms with E-state index in [9.17, 15) is 0 Å². The fourth-order valence-electron chi connectivity index (χ4n) is 2.31. The molecule has 1 saturated carbocycles. The first-order chi connectivity index (χ1) is 11.5. The number of hydrogen-bond donors (Lipinski definition) is 0. The van der Waals surface area contributed by atoms with Crippen molar-refractivity contribution < 1.29 is 56.4 Å². The van der Waals surface area contributed by atoms with Gasteiger partial charge in [-0.05, 0) is 0 Å². The van der Waals surface area contributed by atoms with E-state index in [1.165, 1.54) is 37.0 Å². The first-order valence-electron chi connectivity index (χ1n) is 8.79. The summed E-state index contributed by atoms with van der Waals surface area (Å²) in [6.07, 6.45) is 7.50. The molecule has 25 heavy (non-hydrogen) atoms. The fourth-order valence-corrected chi connectivity index (χ4v) is 12.6. The fraction of sp³-hybridized carbons (Fsp3) is 1.00. The van der Waals surface area contributed by atoms with Crippen LogP contribution in [-0.4, -0.2) is 33.0 Å². The number of hydrogen-bond acceptors (Lipinski definition) is 5. The van der Waals surface area contributed by atoms with Crippen molar-refractivity contribution in [3.63, 3.8) is 0 Å². The molecule has 8 nitrogen and oxygen atoms in total. The molecule has 0 N–H and O–H groups in total. The molecule has 1 fully saturated rings. The van der Waals surface area contributed by atoms with Gasteiger partial charge < -0.3 is 11.1 Å². The maximum absolute atomic E-state index is 6.75. The molecule has 0 amide bonds. The Morgan fingerprint density at radius 3 is 0.880 bits per heavy atom. The van der Waals surface area contributed by atoms with E-state index >= 15 is 0 Å². The van der Waals surface area contributed by atoms with Gasteiger partial charge in [-0.3, -0.25) is 4.91 Å². The summed E-state index contributed by atoms with van der Waals surface area (Å²) in [5.74, 6) is 0. The van der Waals surface area contributed by atoms with Gasteiger partial charge >= 0.3 is 102 Å². The predicted molar refractivity (Wildman–Crippen MR) is 91.3 cm³/mol. The summed E-state index contributed by atoms with van der Waals surface area (Å²) >= 11 is -4.86. The van der Waals surface area contributed by atoms with E-state index in [1.807, 2.05) is 34.6 Å². The molecule has 0 aliphatic heterocycles. The third-order valence-electron chi connectivity index (χ3n) is 2.95. The van der Waals surface area contributed by atoms with Gasteiger partial charge in [-0.2, -0.15) is 0 Å². The Morgan fingerprint density at radius 2 is 0.760 bits per heavy atom. The molecule has 0 aromatic heterocycles. The van der Waals surface area contributed by atoms with Crippen LogP contribution in [0.5, 0.6) is 0 Å². The Bertz CT molecular complexity index is 268. The zero-order valence-corrected chi connectivity index (χ0v) is 22.8. The molecule has 0 heterocycles. The summed E-state index contributed by atoms with van der Waals surface area (Å²) in [6.45, 7) is 11.7. The molecular formula is C15H35N3O5Ta2-. The van der Waals surface area contributed by atoms with Crippen LogP contribution < -0.4 is 0 Å². The summed E-state index contributed by atoms with van der Waals surface area (Å²) in [6, 6.07) is 0. The van der Waals surface area contributed by atoms with Gasteiger partial charge in [0.25, 0.3) is 0 Å². The Balaban J connectivity index is -0.000000442. The molecule has 1 rings (SSSR count). The van der Waals surface area contributed by atoms with Crippen molar-refractivity contribution in [2.75, 3.05) is 33.0 Å². The van der Waals surface area contributed by atoms with Gasteiger partial charge in [0.2, 0.25) is 0 Å². The van der Waals surface area contributed by atoms with E-state index in [1.54, 1.807) is 0 Å². The summed E-state index contributed by atoms with van der Waals surface area (Å²) in [5.41, 5.74) is 13.5. The molecule has 1 aliphatic carbocycles. The van der Waals surface area contributed by atoms with E-state index in [0.29, 0.717) is 33.0 Å². The van der Waals surface area contributed by atoms with Crippen LogP contribution in [0, 0.1) is 0 Å². The molecule has 1 aliphatic rings. The standard InChI is InChI=1S/C5H10.5C2H5O.N3.2Ta/c1-2-4-5-3-1;5*1-2-3;1-3-2;;/h1-5H2;5*2H2,1H3;;;/q;6*-1;;+5. The van der Waals surface area contributed by atoms with Crippen LogP contribution in [0.1, 0.15) is 66.7 Å². The van der Waals surface area contributed by atoms with Crippen LogP contribution in [-0.2, 0) is 56.4 Å². The van der Waals surface area contributed by atoms with Crippen molar-refractivity contribution in [2.24, 2.45) is 0 Å². The zero-order valence-electron chi connectivity index (χ0n) is 16.3. The Kier molecular flexibility index (Phi) is 23.5. The minimum absolute atomic E-state index is 0. The topological polar surface area (TPSA) is 105 Å². The first-order valence-corrected chi connectivity index (χ1v) is 15.4. The Morgan fingerprint density at radius 1 is 0.600 bits per heavy atom. The summed E-state index contributed by atoms with van der Waals surface area (Å²) in [5, 5.41) is 0. The van der Waals surface area contributed by atoms with Crippen molar-refractivity contribution in [3.8, 4) is 0 Å². The van der Waals surface area contributed by atoms with Crippen LogP contribution in [0.15, 0.2) is 0 Å². The average Bonchev–Trinajstić information content (AvgIpc) is 3.09. The van der Waals surface area contributed by atoms with Crippen LogP contribution in [0.3, 0.4) is 0 Å². The van der Waals surface area contributed by atoms with Crippen molar-refractivity contribution >= 4 is 0 Å². The minimum atomic E-state index is -4.86. The predicted octanol–water partition coefficient (Wildman–Crippen LogP) is 5.25. The average molecular weight is 699 g/mol. The molecule has 0 unspecified atom stereocenters. The maximum atomic E-state index is 6.75. The monoisotopic (exact) mass is 699 g/mol. The number of rotatable bonds is 10. The first kappa shape index (κ1) is 30.3. The van der Waals surface area contributed by atoms with Gasteiger partial charge in [0.05, 0.1) is 0 Å². The number of nitrogens with zero attached hydrogens (tertiary/aromatic N) is 3. The van der Waals surface area contributed by atoms with Gasteiger partial charge in [-0.1, -0.05) is 32.1 Å². The Labute approximate surface area is 171 Å². The molecule has 10 heteroatoms. The SMILES string of the molecule is C1CCCC1.CC[O][Ta]([O]CC)([O]CC)([O]CC)[O]CC.[N-]=[N+]=[N-].[Ta]. The molecule has 0 aromatic carbocycles. The Hall–Kier alpha value is 0.591. The van der Waals surface area contributed by atoms with Gasteiger partial charge in [0, 0.05) is 22.4 Å². The van der Waals surface area contributed by atoms with Gasteiger partial charge in [-0.15, -0.1) is 0 Å². The second-order valence-corrected chi connectivity index (χ2v) is 14.7.